The monoisotopic (exact) mass is 273 g/mol. The summed E-state index contributed by atoms with van der Waals surface area (Å²) in [4.78, 5) is 18.6. The second-order valence-electron chi connectivity index (χ2n) is 5.39. The Morgan fingerprint density at radius 2 is 2.20 bits per heavy atom. The van der Waals surface area contributed by atoms with Gasteiger partial charge in [-0.15, -0.1) is 0 Å². The Morgan fingerprint density at radius 1 is 1.40 bits per heavy atom. The fourth-order valence-corrected chi connectivity index (χ4v) is 2.95. The van der Waals surface area contributed by atoms with E-state index in [0.717, 1.165) is 31.0 Å². The first-order chi connectivity index (χ1) is 9.56. The van der Waals surface area contributed by atoms with Crippen molar-refractivity contribution in [3.63, 3.8) is 0 Å². The van der Waals surface area contributed by atoms with Crippen molar-refractivity contribution < 1.29 is 4.79 Å². The Balaban J connectivity index is 1.75. The maximum absolute atomic E-state index is 12.4. The molecule has 0 aliphatic carbocycles. The molecule has 2 aromatic rings. The van der Waals surface area contributed by atoms with E-state index in [9.17, 15) is 4.79 Å². The lowest BCUT2D eigenvalue weighted by atomic mass is 10.2. The number of imidazole rings is 1. The maximum atomic E-state index is 12.4. The Morgan fingerprint density at radius 3 is 2.80 bits per heavy atom. The van der Waals surface area contributed by atoms with E-state index < -0.39 is 0 Å². The van der Waals surface area contributed by atoms with E-state index in [1.54, 1.807) is 16.9 Å². The topological polar surface area (TPSA) is 56.0 Å². The van der Waals surface area contributed by atoms with Crippen LogP contribution in [-0.4, -0.2) is 43.2 Å². The number of amides is 1. The first-order valence-electron chi connectivity index (χ1n) is 6.85. The van der Waals surface area contributed by atoms with Gasteiger partial charge in [0.25, 0.3) is 5.91 Å². The number of hydrogen-bond donors (Lipinski definition) is 0. The lowest BCUT2D eigenvalue weighted by Gasteiger charge is -2.18. The Kier molecular flexibility index (Phi) is 3.08. The van der Waals surface area contributed by atoms with Crippen molar-refractivity contribution in [1.82, 2.24) is 24.2 Å². The third-order valence-corrected chi connectivity index (χ3v) is 3.92. The quantitative estimate of drug-likeness (QED) is 0.829. The van der Waals surface area contributed by atoms with E-state index in [1.165, 1.54) is 0 Å². The summed E-state index contributed by atoms with van der Waals surface area (Å²) in [6.45, 7) is 5.57. The summed E-state index contributed by atoms with van der Waals surface area (Å²) in [5, 5.41) is 4.18. The zero-order valence-corrected chi connectivity index (χ0v) is 12.1. The van der Waals surface area contributed by atoms with Gasteiger partial charge >= 0.3 is 0 Å². The van der Waals surface area contributed by atoms with Gasteiger partial charge < -0.3 is 9.47 Å². The standard InChI is InChI=1S/C14H19N5O/c1-10-8-15-11(2)19(10)12-4-7-18(9-12)14(20)13-5-6-17(3)16-13/h5-6,8,12H,4,7,9H2,1-3H3. The lowest BCUT2D eigenvalue weighted by molar-refractivity contribution is 0.0781. The Hall–Kier alpha value is -2.11. The van der Waals surface area contributed by atoms with Crippen LogP contribution < -0.4 is 0 Å². The number of nitrogens with zero attached hydrogens (tertiary/aromatic N) is 5. The molecule has 0 spiro atoms. The van der Waals surface area contributed by atoms with E-state index in [0.29, 0.717) is 11.7 Å². The zero-order valence-electron chi connectivity index (χ0n) is 12.1. The predicted octanol–water partition coefficient (Wildman–Crippen LogP) is 1.32. The van der Waals surface area contributed by atoms with Crippen molar-refractivity contribution in [1.29, 1.82) is 0 Å². The van der Waals surface area contributed by atoms with Crippen LogP contribution >= 0.6 is 0 Å². The minimum atomic E-state index is 0.0171. The highest BCUT2D eigenvalue weighted by atomic mass is 16.2. The van der Waals surface area contributed by atoms with Crippen molar-refractivity contribution in [3.05, 3.63) is 35.7 Å². The summed E-state index contributed by atoms with van der Waals surface area (Å²) >= 11 is 0. The summed E-state index contributed by atoms with van der Waals surface area (Å²) < 4.78 is 3.89. The normalized spacial score (nSPS) is 18.8. The lowest BCUT2D eigenvalue weighted by Crippen LogP contribution is -2.29. The van der Waals surface area contributed by atoms with E-state index >= 15 is 0 Å². The number of hydrogen-bond acceptors (Lipinski definition) is 3. The van der Waals surface area contributed by atoms with Gasteiger partial charge in [0.15, 0.2) is 0 Å². The summed E-state index contributed by atoms with van der Waals surface area (Å²) in [6, 6.07) is 2.09. The van der Waals surface area contributed by atoms with Crippen LogP contribution in [0.5, 0.6) is 0 Å². The van der Waals surface area contributed by atoms with Gasteiger partial charge in [-0.2, -0.15) is 5.10 Å². The molecule has 1 fully saturated rings. The van der Waals surface area contributed by atoms with Crippen LogP contribution in [0.25, 0.3) is 0 Å². The molecule has 1 aliphatic heterocycles. The summed E-state index contributed by atoms with van der Waals surface area (Å²) in [6.07, 6.45) is 4.65. The third kappa shape index (κ3) is 2.11. The highest BCUT2D eigenvalue weighted by Gasteiger charge is 2.30. The van der Waals surface area contributed by atoms with Crippen LogP contribution in [-0.2, 0) is 7.05 Å². The van der Waals surface area contributed by atoms with Gasteiger partial charge in [-0.3, -0.25) is 9.48 Å². The van der Waals surface area contributed by atoms with Crippen molar-refractivity contribution in [2.24, 2.45) is 7.05 Å². The smallest absolute Gasteiger partial charge is 0.274 e. The molecule has 1 atom stereocenters. The van der Waals surface area contributed by atoms with E-state index in [-0.39, 0.29) is 5.91 Å². The number of aromatic nitrogens is 4. The molecule has 1 saturated heterocycles. The first kappa shape index (κ1) is 12.9. The molecular formula is C14H19N5O. The minimum absolute atomic E-state index is 0.0171. The molecule has 0 bridgehead atoms. The van der Waals surface area contributed by atoms with Crippen LogP contribution in [0.2, 0.25) is 0 Å². The molecule has 0 saturated carbocycles. The average molecular weight is 273 g/mol. The third-order valence-electron chi connectivity index (χ3n) is 3.92. The van der Waals surface area contributed by atoms with Crippen molar-refractivity contribution in [2.45, 2.75) is 26.3 Å². The summed E-state index contributed by atoms with van der Waals surface area (Å²) in [5.74, 6) is 1.03. The molecule has 106 valence electrons. The van der Waals surface area contributed by atoms with Crippen LogP contribution in [0.4, 0.5) is 0 Å². The highest BCUT2D eigenvalue weighted by molar-refractivity contribution is 5.92. The molecule has 0 radical (unpaired) electrons. The molecule has 20 heavy (non-hydrogen) atoms. The molecule has 1 unspecified atom stereocenters. The fraction of sp³-hybridized carbons (Fsp3) is 0.500. The largest absolute Gasteiger partial charge is 0.335 e. The number of rotatable bonds is 2. The molecule has 3 heterocycles. The molecule has 3 rings (SSSR count). The van der Waals surface area contributed by atoms with Gasteiger partial charge in [0.1, 0.15) is 11.5 Å². The first-order valence-corrected chi connectivity index (χ1v) is 6.85. The average Bonchev–Trinajstić information content (AvgIpc) is 3.10. The number of aryl methyl sites for hydroxylation is 3. The Bertz CT molecular complexity index is 622. The molecule has 2 aromatic heterocycles. The van der Waals surface area contributed by atoms with Gasteiger partial charge in [-0.1, -0.05) is 0 Å². The molecule has 1 aliphatic rings. The molecule has 6 nitrogen and oxygen atoms in total. The summed E-state index contributed by atoms with van der Waals surface area (Å²) in [5.41, 5.74) is 1.67. The van der Waals surface area contributed by atoms with Gasteiger partial charge in [0.2, 0.25) is 0 Å². The van der Waals surface area contributed by atoms with E-state index in [4.69, 9.17) is 0 Å². The Labute approximate surface area is 118 Å². The molecule has 0 N–H and O–H groups in total. The predicted molar refractivity (Wildman–Crippen MR) is 74.5 cm³/mol. The van der Waals surface area contributed by atoms with E-state index in [1.807, 2.05) is 25.1 Å². The van der Waals surface area contributed by atoms with E-state index in [2.05, 4.69) is 21.6 Å². The molecule has 1 amide bonds. The summed E-state index contributed by atoms with van der Waals surface area (Å²) in [7, 11) is 1.82. The molecule has 0 aromatic carbocycles. The highest BCUT2D eigenvalue weighted by Crippen LogP contribution is 2.25. The van der Waals surface area contributed by atoms with Crippen LogP contribution in [0.3, 0.4) is 0 Å². The van der Waals surface area contributed by atoms with Crippen LogP contribution in [0, 0.1) is 13.8 Å². The minimum Gasteiger partial charge on any atom is -0.335 e. The SMILES string of the molecule is Cc1cnc(C)n1C1CCN(C(=O)c2ccn(C)n2)C1. The number of carbonyl (C=O) groups excluding carboxylic acids is 1. The molecular weight excluding hydrogens is 254 g/mol. The van der Waals surface area contributed by atoms with Crippen molar-refractivity contribution >= 4 is 5.91 Å². The fourth-order valence-electron chi connectivity index (χ4n) is 2.95. The molecule has 6 heteroatoms. The van der Waals surface area contributed by atoms with Gasteiger partial charge in [-0.05, 0) is 26.3 Å². The van der Waals surface area contributed by atoms with Gasteiger partial charge in [-0.25, -0.2) is 4.98 Å². The van der Waals surface area contributed by atoms with Crippen molar-refractivity contribution in [2.75, 3.05) is 13.1 Å². The number of carbonyl (C=O) groups is 1. The number of likely N-dealkylation sites (tertiary alicyclic amines) is 1. The maximum Gasteiger partial charge on any atom is 0.274 e. The van der Waals surface area contributed by atoms with Gasteiger partial charge in [0, 0.05) is 38.2 Å². The van der Waals surface area contributed by atoms with Gasteiger partial charge in [0.05, 0.1) is 6.04 Å². The second-order valence-corrected chi connectivity index (χ2v) is 5.39. The van der Waals surface area contributed by atoms with Crippen LogP contribution in [0.1, 0.15) is 34.5 Å². The van der Waals surface area contributed by atoms with Crippen molar-refractivity contribution in [3.8, 4) is 0 Å². The zero-order chi connectivity index (χ0) is 14.3. The second kappa shape index (κ2) is 4.77. The van der Waals surface area contributed by atoms with Crippen LogP contribution in [0.15, 0.2) is 18.5 Å².